The van der Waals surface area contributed by atoms with Gasteiger partial charge in [-0.25, -0.2) is 0 Å². The molecule has 1 heterocycles. The van der Waals surface area contributed by atoms with E-state index in [1.807, 2.05) is 0 Å². The van der Waals surface area contributed by atoms with Crippen LogP contribution in [0.25, 0.3) is 11.1 Å². The third kappa shape index (κ3) is 5.66. The Hall–Kier alpha value is -3.49. The summed E-state index contributed by atoms with van der Waals surface area (Å²) in [4.78, 5) is 13.1. The lowest BCUT2D eigenvalue weighted by molar-refractivity contribution is -0.137. The molecule has 0 saturated heterocycles. The minimum absolute atomic E-state index is 0.0328. The van der Waals surface area contributed by atoms with Gasteiger partial charge in [-0.05, 0) is 58.7 Å². The van der Waals surface area contributed by atoms with E-state index in [9.17, 15) is 18.0 Å². The number of hydrogen-bond acceptors (Lipinski definition) is 2. The van der Waals surface area contributed by atoms with Gasteiger partial charge < -0.3 is 14.5 Å². The number of amides is 1. The molecule has 0 aliphatic carbocycles. The molecular formula is C26H21Cl2F3N4O. The molecule has 0 aliphatic heterocycles. The van der Waals surface area contributed by atoms with Crippen LogP contribution in [-0.4, -0.2) is 15.0 Å². The van der Waals surface area contributed by atoms with Crippen molar-refractivity contribution >= 4 is 29.1 Å². The predicted molar refractivity (Wildman–Crippen MR) is 133 cm³/mol. The summed E-state index contributed by atoms with van der Waals surface area (Å²) in [5.41, 5.74) is 1.13. The van der Waals surface area contributed by atoms with E-state index >= 15 is 0 Å². The average Bonchev–Trinajstić information content (AvgIpc) is 3.16. The molecule has 0 bridgehead atoms. The molecule has 0 fully saturated rings. The van der Waals surface area contributed by atoms with Crippen molar-refractivity contribution in [2.45, 2.75) is 19.3 Å². The van der Waals surface area contributed by atoms with Crippen molar-refractivity contribution in [3.63, 3.8) is 0 Å². The first-order valence-corrected chi connectivity index (χ1v) is 11.6. The Morgan fingerprint density at radius 1 is 0.972 bits per heavy atom. The zero-order valence-corrected chi connectivity index (χ0v) is 20.5. The molecule has 1 aromatic heterocycles. The number of halogens is 5. The van der Waals surface area contributed by atoms with Gasteiger partial charge in [-0.1, -0.05) is 47.5 Å². The second kappa shape index (κ2) is 10.2. The van der Waals surface area contributed by atoms with Gasteiger partial charge in [0.05, 0.1) is 22.2 Å². The van der Waals surface area contributed by atoms with Crippen LogP contribution in [-0.2, 0) is 26.3 Å². The number of hydrogen-bond donors (Lipinski definition) is 2. The van der Waals surface area contributed by atoms with Crippen LogP contribution in [0.15, 0.2) is 73.1 Å². The van der Waals surface area contributed by atoms with Gasteiger partial charge in [-0.15, -0.1) is 0 Å². The standard InChI is InChI=1S/C26H21Cl2F3N4O/c1-34-8-9-35(25(34)32)15-17-10-18(20-4-2-3-5-21(20)26(29,30)31)13-19(11-17)24(36)33-14-16-6-7-22(27)23(28)12-16/h2-13,32H,14-15H2,1H3,(H,33,36). The minimum Gasteiger partial charge on any atom is -0.348 e. The van der Waals surface area contributed by atoms with E-state index in [1.165, 1.54) is 24.3 Å². The maximum Gasteiger partial charge on any atom is 0.417 e. The zero-order valence-electron chi connectivity index (χ0n) is 19.0. The van der Waals surface area contributed by atoms with Crippen molar-refractivity contribution in [3.05, 3.63) is 111 Å². The number of benzene rings is 3. The highest BCUT2D eigenvalue weighted by atomic mass is 35.5. The summed E-state index contributed by atoms with van der Waals surface area (Å²) < 4.78 is 44.4. The minimum atomic E-state index is -4.56. The molecule has 0 radical (unpaired) electrons. The Morgan fingerprint density at radius 2 is 1.72 bits per heavy atom. The summed E-state index contributed by atoms with van der Waals surface area (Å²) in [6.07, 6.45) is -1.16. The van der Waals surface area contributed by atoms with Crippen molar-refractivity contribution in [2.75, 3.05) is 0 Å². The van der Waals surface area contributed by atoms with Crippen LogP contribution in [0.3, 0.4) is 0 Å². The van der Waals surface area contributed by atoms with E-state index in [1.54, 1.807) is 58.9 Å². The summed E-state index contributed by atoms with van der Waals surface area (Å²) >= 11 is 12.0. The number of nitrogens with one attached hydrogen (secondary N) is 2. The molecule has 0 unspecified atom stereocenters. The fourth-order valence-electron chi connectivity index (χ4n) is 3.83. The Labute approximate surface area is 215 Å². The lowest BCUT2D eigenvalue weighted by Gasteiger charge is -2.16. The largest absolute Gasteiger partial charge is 0.417 e. The van der Waals surface area contributed by atoms with Crippen LogP contribution < -0.4 is 10.9 Å². The van der Waals surface area contributed by atoms with Crippen molar-refractivity contribution in [3.8, 4) is 11.1 Å². The second-order valence-corrected chi connectivity index (χ2v) is 9.07. The number of nitrogens with zero attached hydrogens (tertiary/aromatic N) is 2. The van der Waals surface area contributed by atoms with Crippen molar-refractivity contribution in [2.24, 2.45) is 7.05 Å². The van der Waals surface area contributed by atoms with Gasteiger partial charge in [-0.3, -0.25) is 10.2 Å². The van der Waals surface area contributed by atoms with E-state index in [0.29, 0.717) is 15.6 Å². The van der Waals surface area contributed by atoms with E-state index < -0.39 is 17.6 Å². The van der Waals surface area contributed by atoms with Crippen LogP contribution in [0.2, 0.25) is 10.0 Å². The molecule has 186 valence electrons. The third-order valence-corrected chi connectivity index (χ3v) is 6.40. The van der Waals surface area contributed by atoms with Crippen molar-refractivity contribution in [1.29, 1.82) is 5.41 Å². The van der Waals surface area contributed by atoms with Crippen LogP contribution in [0.4, 0.5) is 13.2 Å². The number of imidazole rings is 1. The first-order valence-electron chi connectivity index (χ1n) is 10.8. The lowest BCUT2D eigenvalue weighted by Crippen LogP contribution is -2.24. The first-order chi connectivity index (χ1) is 17.0. The molecule has 4 rings (SSSR count). The highest BCUT2D eigenvalue weighted by Gasteiger charge is 2.33. The highest BCUT2D eigenvalue weighted by molar-refractivity contribution is 6.42. The summed E-state index contributed by atoms with van der Waals surface area (Å²) in [7, 11) is 1.72. The molecule has 0 spiro atoms. The summed E-state index contributed by atoms with van der Waals surface area (Å²) in [5, 5.41) is 11.7. The van der Waals surface area contributed by atoms with Gasteiger partial charge in [-0.2, -0.15) is 13.2 Å². The molecule has 0 atom stereocenters. The first kappa shape index (κ1) is 25.6. The second-order valence-electron chi connectivity index (χ2n) is 8.25. The van der Waals surface area contributed by atoms with Gasteiger partial charge in [0.15, 0.2) is 0 Å². The van der Waals surface area contributed by atoms with E-state index in [-0.39, 0.29) is 35.4 Å². The molecule has 10 heteroatoms. The molecule has 1 amide bonds. The Balaban J connectivity index is 1.73. The molecule has 0 saturated carbocycles. The maximum absolute atomic E-state index is 13.7. The molecule has 4 aromatic rings. The van der Waals surface area contributed by atoms with E-state index in [0.717, 1.165) is 11.6 Å². The summed E-state index contributed by atoms with van der Waals surface area (Å²) in [5.74, 6) is -0.460. The average molecular weight is 533 g/mol. The number of aromatic nitrogens is 2. The van der Waals surface area contributed by atoms with Gasteiger partial charge in [0, 0.05) is 31.5 Å². The topological polar surface area (TPSA) is 62.8 Å². The molecule has 2 N–H and O–H groups in total. The highest BCUT2D eigenvalue weighted by Crippen LogP contribution is 2.37. The molecule has 0 aliphatic rings. The smallest absolute Gasteiger partial charge is 0.348 e. The number of aryl methyl sites for hydroxylation is 1. The fourth-order valence-corrected chi connectivity index (χ4v) is 4.16. The predicted octanol–water partition coefficient (Wildman–Crippen LogP) is 6.28. The normalized spacial score (nSPS) is 11.5. The van der Waals surface area contributed by atoms with Crippen molar-refractivity contribution in [1.82, 2.24) is 14.5 Å². The summed E-state index contributed by atoms with van der Waals surface area (Å²) in [6.45, 7) is 0.355. The van der Waals surface area contributed by atoms with Gasteiger partial charge in [0.1, 0.15) is 0 Å². The SMILES string of the molecule is Cn1ccn(Cc2cc(C(=O)NCc3ccc(Cl)c(Cl)c3)cc(-c3ccccc3C(F)(F)F)c2)c1=N. The monoisotopic (exact) mass is 532 g/mol. The molecule has 5 nitrogen and oxygen atoms in total. The van der Waals surface area contributed by atoms with Gasteiger partial charge in [0.2, 0.25) is 5.62 Å². The van der Waals surface area contributed by atoms with E-state index in [2.05, 4.69) is 5.32 Å². The van der Waals surface area contributed by atoms with Gasteiger partial charge >= 0.3 is 6.18 Å². The fraction of sp³-hybridized carbons (Fsp3) is 0.154. The molecule has 36 heavy (non-hydrogen) atoms. The quantitative estimate of drug-likeness (QED) is 0.301. The van der Waals surface area contributed by atoms with Crippen LogP contribution in [0.1, 0.15) is 27.0 Å². The molecular weight excluding hydrogens is 512 g/mol. The van der Waals surface area contributed by atoms with E-state index in [4.69, 9.17) is 28.6 Å². The Morgan fingerprint density at radius 3 is 2.39 bits per heavy atom. The van der Waals surface area contributed by atoms with Crippen LogP contribution >= 0.6 is 23.2 Å². The summed E-state index contributed by atoms with van der Waals surface area (Å²) in [6, 6.07) is 14.9. The zero-order chi connectivity index (χ0) is 26.0. The van der Waals surface area contributed by atoms with Crippen LogP contribution in [0.5, 0.6) is 0 Å². The number of carbonyl (C=O) groups excluding carboxylic acids is 1. The lowest BCUT2D eigenvalue weighted by atomic mass is 9.95. The van der Waals surface area contributed by atoms with Gasteiger partial charge in [0.25, 0.3) is 5.91 Å². The molecule has 3 aromatic carbocycles. The number of rotatable bonds is 6. The Kier molecular flexibility index (Phi) is 7.28. The van der Waals surface area contributed by atoms with Crippen LogP contribution in [0, 0.1) is 5.41 Å². The number of carbonyl (C=O) groups is 1. The van der Waals surface area contributed by atoms with Crippen molar-refractivity contribution < 1.29 is 18.0 Å². The number of alkyl halides is 3. The maximum atomic E-state index is 13.7. The Bertz CT molecular complexity index is 1490. The third-order valence-electron chi connectivity index (χ3n) is 5.66.